The van der Waals surface area contributed by atoms with Gasteiger partial charge in [-0.2, -0.15) is 0 Å². The molecule has 1 aromatic carbocycles. The second-order valence-corrected chi connectivity index (χ2v) is 3.16. The minimum Gasteiger partial charge on any atom is -0.502 e. The van der Waals surface area contributed by atoms with E-state index in [1.165, 1.54) is 13.9 Å². The molecule has 1 aromatic rings. The van der Waals surface area contributed by atoms with Gasteiger partial charge in [-0.25, -0.2) is 9.18 Å². The SMILES string of the molecule is Bc1cc(F)ccc1C(=O)/C=C(\O)C(=O)O. The van der Waals surface area contributed by atoms with E-state index in [4.69, 9.17) is 10.2 Å². The first-order chi connectivity index (χ1) is 7.41. The molecule has 0 radical (unpaired) electrons. The number of aliphatic hydroxyl groups is 1. The van der Waals surface area contributed by atoms with E-state index < -0.39 is 23.3 Å². The number of carboxylic acids is 1. The van der Waals surface area contributed by atoms with E-state index in [-0.39, 0.29) is 5.56 Å². The van der Waals surface area contributed by atoms with Crippen molar-refractivity contribution >= 4 is 25.1 Å². The highest BCUT2D eigenvalue weighted by atomic mass is 19.1. The lowest BCUT2D eigenvalue weighted by atomic mass is 9.88. The summed E-state index contributed by atoms with van der Waals surface area (Å²) in [6.45, 7) is 0. The summed E-state index contributed by atoms with van der Waals surface area (Å²) in [7, 11) is 1.52. The van der Waals surface area contributed by atoms with Gasteiger partial charge in [-0.05, 0) is 18.2 Å². The second-order valence-electron chi connectivity index (χ2n) is 3.16. The fourth-order valence-electron chi connectivity index (χ4n) is 1.17. The van der Waals surface area contributed by atoms with Crippen LogP contribution in [-0.2, 0) is 4.79 Å². The van der Waals surface area contributed by atoms with E-state index in [2.05, 4.69) is 0 Å². The molecule has 16 heavy (non-hydrogen) atoms. The minimum atomic E-state index is -1.59. The summed E-state index contributed by atoms with van der Waals surface area (Å²) in [4.78, 5) is 21.7. The number of aliphatic hydroxyl groups excluding tert-OH is 1. The highest BCUT2D eigenvalue weighted by molar-refractivity contribution is 6.37. The number of ketones is 1. The van der Waals surface area contributed by atoms with Gasteiger partial charge >= 0.3 is 5.97 Å². The maximum absolute atomic E-state index is 12.7. The van der Waals surface area contributed by atoms with Gasteiger partial charge < -0.3 is 10.2 Å². The minimum absolute atomic E-state index is 0.147. The average molecular weight is 222 g/mol. The number of allylic oxidation sites excluding steroid dienone is 1. The van der Waals surface area contributed by atoms with Crippen LogP contribution in [0.15, 0.2) is 30.0 Å². The van der Waals surface area contributed by atoms with Gasteiger partial charge in [0.05, 0.1) is 0 Å². The zero-order chi connectivity index (χ0) is 12.3. The van der Waals surface area contributed by atoms with Crippen molar-refractivity contribution in [1.29, 1.82) is 0 Å². The summed E-state index contributed by atoms with van der Waals surface area (Å²) >= 11 is 0. The molecule has 0 saturated heterocycles. The van der Waals surface area contributed by atoms with Crippen LogP contribution < -0.4 is 5.46 Å². The first kappa shape index (κ1) is 12.0. The molecule has 2 N–H and O–H groups in total. The molecular weight excluding hydrogens is 214 g/mol. The third-order valence-electron chi connectivity index (χ3n) is 1.94. The topological polar surface area (TPSA) is 74.6 Å². The Hall–Kier alpha value is -2.11. The van der Waals surface area contributed by atoms with Gasteiger partial charge in [0.15, 0.2) is 5.78 Å². The summed E-state index contributed by atoms with van der Waals surface area (Å²) < 4.78 is 12.7. The van der Waals surface area contributed by atoms with Gasteiger partial charge in [-0.1, -0.05) is 5.46 Å². The van der Waals surface area contributed by atoms with Gasteiger partial charge in [0, 0.05) is 11.6 Å². The van der Waals surface area contributed by atoms with Gasteiger partial charge in [0.1, 0.15) is 13.7 Å². The van der Waals surface area contributed by atoms with Gasteiger partial charge in [-0.15, -0.1) is 0 Å². The summed E-state index contributed by atoms with van der Waals surface area (Å²) in [6.07, 6.45) is 0.586. The Morgan fingerprint density at radius 2 is 1.94 bits per heavy atom. The van der Waals surface area contributed by atoms with E-state index in [9.17, 15) is 14.0 Å². The normalized spacial score (nSPS) is 11.2. The molecule has 0 aliphatic heterocycles. The van der Waals surface area contributed by atoms with Crippen LogP contribution in [0.4, 0.5) is 4.39 Å². The monoisotopic (exact) mass is 222 g/mol. The van der Waals surface area contributed by atoms with Crippen molar-refractivity contribution in [3.05, 3.63) is 41.4 Å². The number of carbonyl (C=O) groups is 2. The quantitative estimate of drug-likeness (QED) is 0.321. The Morgan fingerprint density at radius 3 is 2.44 bits per heavy atom. The van der Waals surface area contributed by atoms with Crippen LogP contribution in [0.25, 0.3) is 0 Å². The fraction of sp³-hybridized carbons (Fsp3) is 0. The number of aliphatic carboxylic acids is 1. The van der Waals surface area contributed by atoms with E-state index in [1.807, 2.05) is 0 Å². The van der Waals surface area contributed by atoms with Crippen LogP contribution >= 0.6 is 0 Å². The standard InChI is InChI=1S/C10H8BFO4/c11-7-3-5(12)1-2-6(7)8(13)4-9(14)10(15)16/h1-4,14H,11H2,(H,15,16)/b9-4-. The molecule has 0 aliphatic carbocycles. The number of carbonyl (C=O) groups excluding carboxylic acids is 1. The molecule has 0 atom stereocenters. The molecule has 0 spiro atoms. The van der Waals surface area contributed by atoms with E-state index in [0.29, 0.717) is 11.5 Å². The third kappa shape index (κ3) is 2.69. The Morgan fingerprint density at radius 1 is 1.31 bits per heavy atom. The highest BCUT2D eigenvalue weighted by Crippen LogP contribution is 2.03. The lowest BCUT2D eigenvalue weighted by Crippen LogP contribution is -2.16. The second kappa shape index (κ2) is 4.61. The summed E-state index contributed by atoms with van der Waals surface area (Å²) in [5.74, 6) is -3.81. The number of carboxylic acid groups (broad SMARTS) is 1. The van der Waals surface area contributed by atoms with Crippen molar-refractivity contribution in [2.75, 3.05) is 0 Å². The van der Waals surface area contributed by atoms with Gasteiger partial charge in [0.25, 0.3) is 0 Å². The largest absolute Gasteiger partial charge is 0.502 e. The molecule has 6 heteroatoms. The van der Waals surface area contributed by atoms with Crippen LogP contribution in [0.3, 0.4) is 0 Å². The molecule has 0 amide bonds. The van der Waals surface area contributed by atoms with Crippen LogP contribution in [-0.4, -0.2) is 29.8 Å². The maximum atomic E-state index is 12.7. The smallest absolute Gasteiger partial charge is 0.371 e. The average Bonchev–Trinajstić information content (AvgIpc) is 2.16. The molecule has 0 heterocycles. The van der Waals surface area contributed by atoms with Crippen LogP contribution in [0, 0.1) is 5.82 Å². The predicted molar refractivity (Wildman–Crippen MR) is 57.3 cm³/mol. The molecule has 1 rings (SSSR count). The summed E-state index contributed by atoms with van der Waals surface area (Å²) in [5.41, 5.74) is 0.522. The first-order valence-corrected chi connectivity index (χ1v) is 4.36. The highest BCUT2D eigenvalue weighted by Gasteiger charge is 2.11. The van der Waals surface area contributed by atoms with Crippen molar-refractivity contribution in [3.8, 4) is 0 Å². The molecule has 82 valence electrons. The Bertz CT molecular complexity index is 482. The van der Waals surface area contributed by atoms with Crippen molar-refractivity contribution in [2.24, 2.45) is 0 Å². The van der Waals surface area contributed by atoms with Gasteiger partial charge in [0.2, 0.25) is 5.76 Å². The fourth-order valence-corrected chi connectivity index (χ4v) is 1.17. The molecular formula is C10H8BFO4. The van der Waals surface area contributed by atoms with Crippen molar-refractivity contribution in [1.82, 2.24) is 0 Å². The van der Waals surface area contributed by atoms with Crippen molar-refractivity contribution < 1.29 is 24.2 Å². The molecule has 0 fully saturated rings. The van der Waals surface area contributed by atoms with E-state index >= 15 is 0 Å². The third-order valence-corrected chi connectivity index (χ3v) is 1.94. The number of rotatable bonds is 3. The number of hydrogen-bond acceptors (Lipinski definition) is 3. The molecule has 0 aliphatic rings. The molecule has 0 saturated carbocycles. The maximum Gasteiger partial charge on any atom is 0.371 e. The lowest BCUT2D eigenvalue weighted by molar-refractivity contribution is -0.135. The van der Waals surface area contributed by atoms with Crippen LogP contribution in [0.5, 0.6) is 0 Å². The van der Waals surface area contributed by atoms with Crippen LogP contribution in [0.2, 0.25) is 0 Å². The molecule has 4 nitrogen and oxygen atoms in total. The zero-order valence-corrected chi connectivity index (χ0v) is 8.40. The molecule has 0 aromatic heterocycles. The Kier molecular flexibility index (Phi) is 3.45. The summed E-state index contributed by atoms with van der Waals surface area (Å²) in [6, 6.07) is 3.48. The number of hydrogen-bond donors (Lipinski definition) is 2. The van der Waals surface area contributed by atoms with Gasteiger partial charge in [-0.3, -0.25) is 4.79 Å². The molecule has 0 unspecified atom stereocenters. The van der Waals surface area contributed by atoms with Crippen molar-refractivity contribution in [3.63, 3.8) is 0 Å². The first-order valence-electron chi connectivity index (χ1n) is 4.36. The number of halogens is 1. The van der Waals surface area contributed by atoms with E-state index in [1.54, 1.807) is 0 Å². The van der Waals surface area contributed by atoms with Crippen molar-refractivity contribution in [2.45, 2.75) is 0 Å². The molecule has 0 bridgehead atoms. The predicted octanol–water partition coefficient (Wildman–Crippen LogP) is -0.207. The van der Waals surface area contributed by atoms with Crippen LogP contribution in [0.1, 0.15) is 10.4 Å². The van der Waals surface area contributed by atoms with E-state index in [0.717, 1.165) is 12.1 Å². The Balaban J connectivity index is 3.07. The number of benzene rings is 1. The zero-order valence-electron chi connectivity index (χ0n) is 8.40. The Labute approximate surface area is 91.4 Å². The summed E-state index contributed by atoms with van der Waals surface area (Å²) in [5, 5.41) is 17.2. The lowest BCUT2D eigenvalue weighted by Gasteiger charge is -2.01.